The molecule has 0 unspecified atom stereocenters. The molecule has 6 rings (SSSR count). The lowest BCUT2D eigenvalue weighted by Crippen LogP contribution is -1.94. The van der Waals surface area contributed by atoms with Crippen molar-refractivity contribution in [3.8, 4) is 33.8 Å². The molecule has 0 amide bonds. The number of imidazole rings is 2. The van der Waals surface area contributed by atoms with Crippen molar-refractivity contribution in [3.63, 3.8) is 0 Å². The van der Waals surface area contributed by atoms with Crippen molar-refractivity contribution in [2.75, 3.05) is 0 Å². The number of aryl methyl sites for hydroxylation is 1. The van der Waals surface area contributed by atoms with Crippen molar-refractivity contribution in [2.24, 2.45) is 0 Å². The van der Waals surface area contributed by atoms with Crippen molar-refractivity contribution in [2.45, 2.75) is 13.5 Å². The molecule has 0 saturated carbocycles. The summed E-state index contributed by atoms with van der Waals surface area (Å²) in [4.78, 5) is 12.9. The fourth-order valence-corrected chi connectivity index (χ4v) is 5.02. The minimum absolute atomic E-state index is 0.593. The van der Waals surface area contributed by atoms with E-state index in [1.54, 1.807) is 6.07 Å². The Kier molecular flexibility index (Phi) is 6.59. The van der Waals surface area contributed by atoms with Gasteiger partial charge in [0.2, 0.25) is 0 Å². The number of aromatic amines is 1. The lowest BCUT2D eigenvalue weighted by Gasteiger charge is -2.04. The van der Waals surface area contributed by atoms with E-state index >= 15 is 0 Å². The van der Waals surface area contributed by atoms with Crippen LogP contribution in [0.2, 0.25) is 10.0 Å². The van der Waals surface area contributed by atoms with E-state index in [1.807, 2.05) is 48.7 Å². The van der Waals surface area contributed by atoms with Gasteiger partial charge in [0.15, 0.2) is 0 Å². The van der Waals surface area contributed by atoms with Crippen molar-refractivity contribution in [1.29, 1.82) is 0 Å². The number of aromatic nitrogens is 4. The molecule has 38 heavy (non-hydrogen) atoms. The highest BCUT2D eigenvalue weighted by atomic mass is 35.5. The first-order valence-electron chi connectivity index (χ1n) is 12.4. The zero-order valence-electron chi connectivity index (χ0n) is 20.7. The predicted octanol–water partition coefficient (Wildman–Crippen LogP) is 9.26. The van der Waals surface area contributed by atoms with Crippen LogP contribution < -0.4 is 0 Å². The Labute approximate surface area is 231 Å². The molecule has 0 aliphatic heterocycles. The van der Waals surface area contributed by atoms with Gasteiger partial charge in [0, 0.05) is 28.9 Å². The third kappa shape index (κ3) is 4.89. The van der Waals surface area contributed by atoms with Crippen LogP contribution in [-0.4, -0.2) is 19.5 Å². The second-order valence-corrected chi connectivity index (χ2v) is 9.87. The van der Waals surface area contributed by atoms with Crippen LogP contribution in [0, 0.1) is 0 Å². The fourth-order valence-electron chi connectivity index (χ4n) is 4.51. The van der Waals surface area contributed by atoms with Gasteiger partial charge in [-0.1, -0.05) is 89.9 Å². The quantitative estimate of drug-likeness (QED) is 0.231. The van der Waals surface area contributed by atoms with Crippen molar-refractivity contribution < 1.29 is 0 Å². The molecule has 6 aromatic rings. The summed E-state index contributed by atoms with van der Waals surface area (Å²) in [7, 11) is 0. The first kappa shape index (κ1) is 24.2. The normalized spacial score (nSPS) is 11.6. The molecule has 0 spiro atoms. The summed E-state index contributed by atoms with van der Waals surface area (Å²) in [5.74, 6) is 1.75. The first-order chi connectivity index (χ1) is 18.6. The Bertz CT molecular complexity index is 1730. The van der Waals surface area contributed by atoms with Crippen LogP contribution in [0.4, 0.5) is 0 Å². The Balaban J connectivity index is 1.19. The summed E-state index contributed by atoms with van der Waals surface area (Å²) in [5.41, 5.74) is 8.20. The van der Waals surface area contributed by atoms with Gasteiger partial charge in [-0.3, -0.25) is 0 Å². The average Bonchev–Trinajstić information content (AvgIpc) is 3.56. The van der Waals surface area contributed by atoms with Gasteiger partial charge in [0.25, 0.3) is 0 Å². The molecule has 0 bridgehead atoms. The molecule has 4 aromatic carbocycles. The number of para-hydroxylation sites is 2. The topological polar surface area (TPSA) is 46.5 Å². The fraction of sp³-hybridized carbons (Fsp3) is 0.0625. The van der Waals surface area contributed by atoms with Crippen molar-refractivity contribution in [3.05, 3.63) is 119 Å². The Morgan fingerprint density at radius 1 is 0.789 bits per heavy atom. The van der Waals surface area contributed by atoms with Crippen molar-refractivity contribution >= 4 is 46.4 Å². The number of halogens is 2. The second kappa shape index (κ2) is 10.3. The minimum atomic E-state index is 0.593. The highest BCUT2D eigenvalue weighted by Gasteiger charge is 2.11. The maximum Gasteiger partial charge on any atom is 0.138 e. The van der Waals surface area contributed by atoms with E-state index < -0.39 is 0 Å². The van der Waals surface area contributed by atoms with Crippen LogP contribution in [0.25, 0.3) is 57.0 Å². The molecular weight excluding hydrogens is 511 g/mol. The first-order valence-corrected chi connectivity index (χ1v) is 13.2. The maximum atomic E-state index is 6.41. The van der Waals surface area contributed by atoms with Gasteiger partial charge < -0.3 is 9.55 Å². The van der Waals surface area contributed by atoms with E-state index in [2.05, 4.69) is 71.1 Å². The van der Waals surface area contributed by atoms with E-state index in [0.717, 1.165) is 62.7 Å². The summed E-state index contributed by atoms with van der Waals surface area (Å²) >= 11 is 12.5. The van der Waals surface area contributed by atoms with E-state index in [4.69, 9.17) is 33.2 Å². The molecule has 2 heterocycles. The minimum Gasteiger partial charge on any atom is -0.338 e. The third-order valence-electron chi connectivity index (χ3n) is 6.57. The lowest BCUT2D eigenvalue weighted by molar-refractivity contribution is 0.753. The largest absolute Gasteiger partial charge is 0.338 e. The highest BCUT2D eigenvalue weighted by Crippen LogP contribution is 2.30. The Hall–Kier alpha value is -4.12. The number of rotatable bonds is 6. The summed E-state index contributed by atoms with van der Waals surface area (Å²) in [6.07, 6.45) is 6.14. The zero-order valence-corrected chi connectivity index (χ0v) is 22.2. The van der Waals surface area contributed by atoms with Crippen LogP contribution in [0.15, 0.2) is 97.2 Å². The SMILES string of the molecule is CCn1cc(-c2ccc(Cl)cc2Cl)nc1C=Cc1ccc(-c2ccc(-c3nc4ccccc4[nH]3)cc2)cc1. The standard InChI is InChI=1S/C32H24Cl2N4/c1-2-38-20-30(26-17-16-25(33)19-27(26)34)35-31(38)18-9-21-7-10-22(11-8-21)23-12-14-24(15-13-23)32-36-28-5-3-4-6-29(28)37-32/h3-20H,2H2,1H3,(H,36,37). The van der Waals surface area contributed by atoms with Gasteiger partial charge in [-0.2, -0.15) is 0 Å². The molecule has 0 radical (unpaired) electrons. The second-order valence-electron chi connectivity index (χ2n) is 9.03. The van der Waals surface area contributed by atoms with E-state index in [0.29, 0.717) is 10.0 Å². The predicted molar refractivity (Wildman–Crippen MR) is 159 cm³/mol. The number of H-pyrrole nitrogens is 1. The van der Waals surface area contributed by atoms with Gasteiger partial charge in [0.05, 0.1) is 21.7 Å². The maximum absolute atomic E-state index is 6.41. The number of benzene rings is 4. The van der Waals surface area contributed by atoms with Crippen LogP contribution >= 0.6 is 23.2 Å². The number of hydrogen-bond acceptors (Lipinski definition) is 2. The molecule has 6 heteroatoms. The molecular formula is C32H24Cl2N4. The summed E-state index contributed by atoms with van der Waals surface area (Å²) in [6.45, 7) is 2.90. The highest BCUT2D eigenvalue weighted by molar-refractivity contribution is 6.36. The number of fused-ring (bicyclic) bond motifs is 1. The zero-order chi connectivity index (χ0) is 26.1. The van der Waals surface area contributed by atoms with E-state index in [9.17, 15) is 0 Å². The molecule has 0 saturated heterocycles. The Morgan fingerprint density at radius 2 is 1.50 bits per heavy atom. The molecule has 1 N–H and O–H groups in total. The van der Waals surface area contributed by atoms with Crippen LogP contribution in [0.5, 0.6) is 0 Å². The summed E-state index contributed by atoms with van der Waals surface area (Å²) < 4.78 is 2.11. The van der Waals surface area contributed by atoms with Gasteiger partial charge >= 0.3 is 0 Å². The number of nitrogens with one attached hydrogen (secondary N) is 1. The average molecular weight is 535 g/mol. The number of hydrogen-bond donors (Lipinski definition) is 1. The number of nitrogens with zero attached hydrogens (tertiary/aromatic N) is 3. The molecule has 2 aromatic heterocycles. The molecule has 0 atom stereocenters. The Morgan fingerprint density at radius 3 is 2.21 bits per heavy atom. The molecule has 0 fully saturated rings. The molecule has 0 aliphatic carbocycles. The molecule has 4 nitrogen and oxygen atoms in total. The molecule has 0 aliphatic rings. The third-order valence-corrected chi connectivity index (χ3v) is 7.12. The van der Waals surface area contributed by atoms with Gasteiger partial charge in [-0.05, 0) is 60.0 Å². The van der Waals surface area contributed by atoms with Gasteiger partial charge in [-0.25, -0.2) is 9.97 Å². The van der Waals surface area contributed by atoms with Gasteiger partial charge in [0.1, 0.15) is 11.6 Å². The monoisotopic (exact) mass is 534 g/mol. The summed E-state index contributed by atoms with van der Waals surface area (Å²) in [5, 5.41) is 1.20. The summed E-state index contributed by atoms with van der Waals surface area (Å²) in [6, 6.07) is 30.6. The van der Waals surface area contributed by atoms with Crippen LogP contribution in [0.1, 0.15) is 18.3 Å². The van der Waals surface area contributed by atoms with E-state index in [-0.39, 0.29) is 0 Å². The lowest BCUT2D eigenvalue weighted by atomic mass is 10.0. The van der Waals surface area contributed by atoms with Crippen molar-refractivity contribution in [1.82, 2.24) is 19.5 Å². The molecule has 186 valence electrons. The van der Waals surface area contributed by atoms with E-state index in [1.165, 1.54) is 0 Å². The van der Waals surface area contributed by atoms with Crippen LogP contribution in [-0.2, 0) is 6.54 Å². The van der Waals surface area contributed by atoms with Gasteiger partial charge in [-0.15, -0.1) is 0 Å². The smallest absolute Gasteiger partial charge is 0.138 e. The van der Waals surface area contributed by atoms with Crippen LogP contribution in [0.3, 0.4) is 0 Å².